The van der Waals surface area contributed by atoms with Crippen molar-refractivity contribution in [3.63, 3.8) is 0 Å². The summed E-state index contributed by atoms with van der Waals surface area (Å²) in [6.07, 6.45) is 6.71. The summed E-state index contributed by atoms with van der Waals surface area (Å²) in [6.45, 7) is 4.58. The van der Waals surface area contributed by atoms with Crippen LogP contribution in [0.2, 0.25) is 0 Å². The van der Waals surface area contributed by atoms with Gasteiger partial charge in [0.2, 0.25) is 0 Å². The minimum Gasteiger partial charge on any atom is -0.390 e. The Bertz CT molecular complexity index is 135. The second-order valence-electron chi connectivity index (χ2n) is 4.09. The fourth-order valence-electron chi connectivity index (χ4n) is 2.30. The summed E-state index contributed by atoms with van der Waals surface area (Å²) in [5.74, 6) is 0. The van der Waals surface area contributed by atoms with Gasteiger partial charge >= 0.3 is 0 Å². The summed E-state index contributed by atoms with van der Waals surface area (Å²) in [5.41, 5.74) is -0.231. The lowest BCUT2D eigenvalue weighted by Crippen LogP contribution is -2.43. The SMILES string of the molecule is CCOC1(C(C)O)CCCCCC1. The van der Waals surface area contributed by atoms with Crippen molar-refractivity contribution in [1.82, 2.24) is 0 Å². The molecule has 1 saturated carbocycles. The lowest BCUT2D eigenvalue weighted by Gasteiger charge is -2.35. The van der Waals surface area contributed by atoms with Crippen molar-refractivity contribution in [3.05, 3.63) is 0 Å². The summed E-state index contributed by atoms with van der Waals surface area (Å²) in [6, 6.07) is 0. The van der Waals surface area contributed by atoms with E-state index < -0.39 is 0 Å². The fourth-order valence-corrected chi connectivity index (χ4v) is 2.30. The molecule has 1 rings (SSSR count). The van der Waals surface area contributed by atoms with E-state index in [0.717, 1.165) is 12.8 Å². The van der Waals surface area contributed by atoms with Crippen LogP contribution in [0.3, 0.4) is 0 Å². The average molecular weight is 186 g/mol. The van der Waals surface area contributed by atoms with Crippen LogP contribution in [0.5, 0.6) is 0 Å². The third-order valence-corrected chi connectivity index (χ3v) is 3.14. The second kappa shape index (κ2) is 4.97. The maximum absolute atomic E-state index is 9.76. The Balaban J connectivity index is 2.62. The highest BCUT2D eigenvalue weighted by Gasteiger charge is 2.36. The molecule has 2 heteroatoms. The van der Waals surface area contributed by atoms with Gasteiger partial charge in [0.05, 0.1) is 11.7 Å². The van der Waals surface area contributed by atoms with E-state index in [9.17, 15) is 5.11 Å². The van der Waals surface area contributed by atoms with E-state index in [1.807, 2.05) is 13.8 Å². The minimum absolute atomic E-state index is 0.231. The van der Waals surface area contributed by atoms with Crippen LogP contribution in [-0.4, -0.2) is 23.4 Å². The number of aliphatic hydroxyl groups is 1. The Kier molecular flexibility index (Phi) is 4.20. The van der Waals surface area contributed by atoms with Gasteiger partial charge < -0.3 is 9.84 Å². The molecule has 0 aromatic heterocycles. The summed E-state index contributed by atoms with van der Waals surface area (Å²) in [4.78, 5) is 0. The zero-order valence-corrected chi connectivity index (χ0v) is 8.88. The molecule has 0 amide bonds. The highest BCUT2D eigenvalue weighted by atomic mass is 16.5. The third kappa shape index (κ3) is 2.68. The first kappa shape index (κ1) is 11.0. The quantitative estimate of drug-likeness (QED) is 0.686. The molecule has 0 heterocycles. The van der Waals surface area contributed by atoms with Gasteiger partial charge in [-0.15, -0.1) is 0 Å². The van der Waals surface area contributed by atoms with E-state index in [1.54, 1.807) is 0 Å². The van der Waals surface area contributed by atoms with E-state index in [1.165, 1.54) is 25.7 Å². The number of hydrogen-bond donors (Lipinski definition) is 1. The Hall–Kier alpha value is -0.0800. The van der Waals surface area contributed by atoms with Crippen LogP contribution in [-0.2, 0) is 4.74 Å². The van der Waals surface area contributed by atoms with Crippen LogP contribution in [0, 0.1) is 0 Å². The van der Waals surface area contributed by atoms with Crippen LogP contribution >= 0.6 is 0 Å². The van der Waals surface area contributed by atoms with Crippen molar-refractivity contribution in [2.24, 2.45) is 0 Å². The molecule has 0 saturated heterocycles. The predicted molar refractivity (Wildman–Crippen MR) is 53.7 cm³/mol. The van der Waals surface area contributed by atoms with E-state index in [0.29, 0.717) is 6.61 Å². The van der Waals surface area contributed by atoms with E-state index in [4.69, 9.17) is 4.74 Å². The van der Waals surface area contributed by atoms with Crippen molar-refractivity contribution in [2.45, 2.75) is 64.1 Å². The van der Waals surface area contributed by atoms with Crippen LogP contribution < -0.4 is 0 Å². The molecule has 0 aromatic carbocycles. The van der Waals surface area contributed by atoms with Crippen molar-refractivity contribution in [3.8, 4) is 0 Å². The molecule has 1 N–H and O–H groups in total. The van der Waals surface area contributed by atoms with E-state index in [-0.39, 0.29) is 11.7 Å². The molecule has 1 aliphatic rings. The zero-order valence-electron chi connectivity index (χ0n) is 8.88. The maximum atomic E-state index is 9.76. The molecule has 2 nitrogen and oxygen atoms in total. The Morgan fingerprint density at radius 2 is 1.77 bits per heavy atom. The van der Waals surface area contributed by atoms with Gasteiger partial charge in [-0.25, -0.2) is 0 Å². The molecule has 1 unspecified atom stereocenters. The fraction of sp³-hybridized carbons (Fsp3) is 1.00. The molecule has 1 aliphatic carbocycles. The Morgan fingerprint density at radius 1 is 1.23 bits per heavy atom. The number of hydrogen-bond acceptors (Lipinski definition) is 2. The molecule has 0 aromatic rings. The van der Waals surface area contributed by atoms with Gasteiger partial charge in [0.1, 0.15) is 0 Å². The summed E-state index contributed by atoms with van der Waals surface area (Å²) in [7, 11) is 0. The largest absolute Gasteiger partial charge is 0.390 e. The first-order chi connectivity index (χ1) is 6.21. The molecule has 0 radical (unpaired) electrons. The summed E-state index contributed by atoms with van der Waals surface area (Å²) in [5, 5.41) is 9.76. The maximum Gasteiger partial charge on any atom is 0.0937 e. The monoisotopic (exact) mass is 186 g/mol. The molecule has 0 spiro atoms. The predicted octanol–water partition coefficient (Wildman–Crippen LogP) is 2.50. The van der Waals surface area contributed by atoms with E-state index in [2.05, 4.69) is 0 Å². The highest BCUT2D eigenvalue weighted by Crippen LogP contribution is 2.33. The van der Waals surface area contributed by atoms with Crippen molar-refractivity contribution in [1.29, 1.82) is 0 Å². The topological polar surface area (TPSA) is 29.5 Å². The van der Waals surface area contributed by atoms with Crippen LogP contribution in [0.4, 0.5) is 0 Å². The highest BCUT2D eigenvalue weighted by molar-refractivity contribution is 4.87. The van der Waals surface area contributed by atoms with Crippen molar-refractivity contribution >= 4 is 0 Å². The second-order valence-corrected chi connectivity index (χ2v) is 4.09. The Labute approximate surface area is 81.3 Å². The lowest BCUT2D eigenvalue weighted by atomic mass is 9.89. The van der Waals surface area contributed by atoms with Crippen LogP contribution in [0.1, 0.15) is 52.4 Å². The normalized spacial score (nSPS) is 25.2. The van der Waals surface area contributed by atoms with Gasteiger partial charge in [-0.2, -0.15) is 0 Å². The molecule has 0 aliphatic heterocycles. The number of ether oxygens (including phenoxy) is 1. The molecular weight excluding hydrogens is 164 g/mol. The smallest absolute Gasteiger partial charge is 0.0937 e. The van der Waals surface area contributed by atoms with Gasteiger partial charge in [0.25, 0.3) is 0 Å². The zero-order chi connectivity index (χ0) is 9.73. The molecule has 1 atom stereocenters. The standard InChI is InChI=1S/C11H22O2/c1-3-13-11(10(2)12)8-6-4-5-7-9-11/h10,12H,3-9H2,1-2H3. The number of aliphatic hydroxyl groups excluding tert-OH is 1. The summed E-state index contributed by atoms with van der Waals surface area (Å²) >= 11 is 0. The molecule has 78 valence electrons. The average Bonchev–Trinajstić information content (AvgIpc) is 2.31. The van der Waals surface area contributed by atoms with Gasteiger partial charge in [-0.3, -0.25) is 0 Å². The van der Waals surface area contributed by atoms with E-state index >= 15 is 0 Å². The van der Waals surface area contributed by atoms with Gasteiger partial charge in [0, 0.05) is 6.61 Å². The Morgan fingerprint density at radius 3 is 2.15 bits per heavy atom. The summed E-state index contributed by atoms with van der Waals surface area (Å²) < 4.78 is 5.76. The van der Waals surface area contributed by atoms with Crippen LogP contribution in [0.15, 0.2) is 0 Å². The van der Waals surface area contributed by atoms with Gasteiger partial charge in [-0.05, 0) is 26.7 Å². The van der Waals surface area contributed by atoms with Crippen molar-refractivity contribution in [2.75, 3.05) is 6.61 Å². The van der Waals surface area contributed by atoms with Crippen LogP contribution in [0.25, 0.3) is 0 Å². The molecule has 1 fully saturated rings. The third-order valence-electron chi connectivity index (χ3n) is 3.14. The molecule has 0 bridgehead atoms. The van der Waals surface area contributed by atoms with Gasteiger partial charge in [0.15, 0.2) is 0 Å². The lowest BCUT2D eigenvalue weighted by molar-refractivity contribution is -0.122. The minimum atomic E-state index is -0.328. The molecular formula is C11H22O2. The first-order valence-electron chi connectivity index (χ1n) is 5.53. The number of rotatable bonds is 3. The molecule has 13 heavy (non-hydrogen) atoms. The van der Waals surface area contributed by atoms with Crippen molar-refractivity contribution < 1.29 is 9.84 Å². The first-order valence-corrected chi connectivity index (χ1v) is 5.53. The van der Waals surface area contributed by atoms with Gasteiger partial charge in [-0.1, -0.05) is 25.7 Å².